The van der Waals surface area contributed by atoms with Crippen LogP contribution in [0.2, 0.25) is 0 Å². The maximum atomic E-state index is 12.0. The van der Waals surface area contributed by atoms with Crippen LogP contribution in [0, 0.1) is 0 Å². The standard InChI is InChI=1S/C20H26N4O2/c1-20(2,3)14-8-10-15(11-9-14)26-13-19(25)23-22-17-6-5-7-18-16(17)12-21-24(18)4/h8-12H,5-7,13H2,1-4H3,(H,23,25)/b22-17-. The minimum Gasteiger partial charge on any atom is -0.484 e. The molecule has 1 aliphatic carbocycles. The van der Waals surface area contributed by atoms with E-state index in [1.807, 2.05) is 42.2 Å². The van der Waals surface area contributed by atoms with Gasteiger partial charge in [-0.1, -0.05) is 32.9 Å². The van der Waals surface area contributed by atoms with Crippen LogP contribution in [-0.4, -0.2) is 28.0 Å². The average molecular weight is 354 g/mol. The molecule has 1 N–H and O–H groups in total. The number of hydrogen-bond donors (Lipinski definition) is 1. The van der Waals surface area contributed by atoms with Gasteiger partial charge in [0.1, 0.15) is 5.75 Å². The first-order chi connectivity index (χ1) is 12.3. The molecule has 1 aliphatic rings. The van der Waals surface area contributed by atoms with E-state index in [0.29, 0.717) is 5.75 Å². The molecule has 1 heterocycles. The van der Waals surface area contributed by atoms with Gasteiger partial charge in [-0.15, -0.1) is 0 Å². The Morgan fingerprint density at radius 1 is 1.27 bits per heavy atom. The van der Waals surface area contributed by atoms with Crippen molar-refractivity contribution in [2.45, 2.75) is 45.4 Å². The minimum absolute atomic E-state index is 0.0639. The second-order valence-electron chi connectivity index (χ2n) is 7.64. The molecule has 0 saturated carbocycles. The summed E-state index contributed by atoms with van der Waals surface area (Å²) in [5.74, 6) is 0.404. The molecule has 1 aromatic heterocycles. The summed E-state index contributed by atoms with van der Waals surface area (Å²) in [6.07, 6.45) is 4.66. The third-order valence-corrected chi connectivity index (χ3v) is 4.61. The largest absolute Gasteiger partial charge is 0.484 e. The lowest BCUT2D eigenvalue weighted by Gasteiger charge is -2.19. The molecule has 0 fully saturated rings. The number of nitrogens with one attached hydrogen (secondary N) is 1. The number of aryl methyl sites for hydroxylation is 1. The van der Waals surface area contributed by atoms with Gasteiger partial charge in [-0.2, -0.15) is 10.2 Å². The molecule has 0 saturated heterocycles. The summed E-state index contributed by atoms with van der Waals surface area (Å²) in [7, 11) is 1.93. The highest BCUT2D eigenvalue weighted by atomic mass is 16.5. The Hall–Kier alpha value is -2.63. The van der Waals surface area contributed by atoms with Crippen LogP contribution in [0.15, 0.2) is 35.6 Å². The molecule has 0 atom stereocenters. The molecule has 0 aliphatic heterocycles. The molecule has 1 amide bonds. The second-order valence-corrected chi connectivity index (χ2v) is 7.64. The Morgan fingerprint density at radius 2 is 2.00 bits per heavy atom. The van der Waals surface area contributed by atoms with Crippen molar-refractivity contribution in [1.82, 2.24) is 15.2 Å². The van der Waals surface area contributed by atoms with E-state index in [2.05, 4.69) is 36.4 Å². The second kappa shape index (κ2) is 7.32. The summed E-state index contributed by atoms with van der Waals surface area (Å²) in [6, 6.07) is 7.84. The first-order valence-corrected chi connectivity index (χ1v) is 8.94. The van der Waals surface area contributed by atoms with Crippen LogP contribution in [0.1, 0.15) is 50.4 Å². The van der Waals surface area contributed by atoms with E-state index < -0.39 is 0 Å². The number of rotatable bonds is 4. The van der Waals surface area contributed by atoms with Crippen LogP contribution < -0.4 is 10.2 Å². The molecular weight excluding hydrogens is 328 g/mol. The summed E-state index contributed by atoms with van der Waals surface area (Å²) < 4.78 is 7.42. The molecule has 0 bridgehead atoms. The molecule has 0 unspecified atom stereocenters. The predicted octanol–water partition coefficient (Wildman–Crippen LogP) is 2.95. The van der Waals surface area contributed by atoms with E-state index in [-0.39, 0.29) is 17.9 Å². The molecule has 0 radical (unpaired) electrons. The number of hydrogen-bond acceptors (Lipinski definition) is 4. The SMILES string of the molecule is Cn1ncc2c1CCC/C2=N/NC(=O)COc1ccc(C(C)(C)C)cc1. The fraction of sp³-hybridized carbons (Fsp3) is 0.450. The van der Waals surface area contributed by atoms with Crippen molar-refractivity contribution in [2.24, 2.45) is 12.1 Å². The highest BCUT2D eigenvalue weighted by Gasteiger charge is 2.19. The third-order valence-electron chi connectivity index (χ3n) is 4.61. The van der Waals surface area contributed by atoms with Gasteiger partial charge in [0, 0.05) is 18.3 Å². The maximum absolute atomic E-state index is 12.0. The van der Waals surface area contributed by atoms with Gasteiger partial charge in [-0.05, 0) is 42.4 Å². The van der Waals surface area contributed by atoms with Crippen molar-refractivity contribution >= 4 is 11.6 Å². The first kappa shape index (κ1) is 18.2. The molecule has 3 rings (SSSR count). The lowest BCUT2D eigenvalue weighted by atomic mass is 9.87. The molecule has 26 heavy (non-hydrogen) atoms. The summed E-state index contributed by atoms with van der Waals surface area (Å²) in [5.41, 5.74) is 6.99. The van der Waals surface area contributed by atoms with Crippen molar-refractivity contribution < 1.29 is 9.53 Å². The minimum atomic E-state index is -0.270. The maximum Gasteiger partial charge on any atom is 0.277 e. The van der Waals surface area contributed by atoms with E-state index in [1.165, 1.54) is 11.3 Å². The Morgan fingerprint density at radius 3 is 2.69 bits per heavy atom. The summed E-state index contributed by atoms with van der Waals surface area (Å²) >= 11 is 0. The highest BCUT2D eigenvalue weighted by Crippen LogP contribution is 2.24. The lowest BCUT2D eigenvalue weighted by molar-refractivity contribution is -0.123. The molecule has 138 valence electrons. The van der Waals surface area contributed by atoms with Crippen LogP contribution in [0.3, 0.4) is 0 Å². The Labute approximate surface area is 154 Å². The van der Waals surface area contributed by atoms with Crippen molar-refractivity contribution in [3.8, 4) is 5.75 Å². The molecule has 6 nitrogen and oxygen atoms in total. The van der Waals surface area contributed by atoms with Crippen molar-refractivity contribution in [1.29, 1.82) is 0 Å². The van der Waals surface area contributed by atoms with Crippen LogP contribution in [-0.2, 0) is 23.7 Å². The van der Waals surface area contributed by atoms with Gasteiger partial charge >= 0.3 is 0 Å². The molecular formula is C20H26N4O2. The summed E-state index contributed by atoms with van der Waals surface area (Å²) in [4.78, 5) is 12.0. The number of carbonyl (C=O) groups excluding carboxylic acids is 1. The van der Waals surface area contributed by atoms with Gasteiger partial charge in [0.05, 0.1) is 11.9 Å². The van der Waals surface area contributed by atoms with Crippen molar-refractivity contribution in [2.75, 3.05) is 6.61 Å². The predicted molar refractivity (Wildman–Crippen MR) is 101 cm³/mol. The lowest BCUT2D eigenvalue weighted by Crippen LogP contribution is -2.27. The van der Waals surface area contributed by atoms with E-state index >= 15 is 0 Å². The van der Waals surface area contributed by atoms with Crippen molar-refractivity contribution in [3.05, 3.63) is 47.3 Å². The summed E-state index contributed by atoms with van der Waals surface area (Å²) in [5, 5.41) is 8.55. The van der Waals surface area contributed by atoms with Crippen LogP contribution in [0.25, 0.3) is 0 Å². The van der Waals surface area contributed by atoms with Gasteiger partial charge in [0.2, 0.25) is 0 Å². The van der Waals surface area contributed by atoms with E-state index in [0.717, 1.165) is 30.5 Å². The zero-order valence-corrected chi connectivity index (χ0v) is 15.9. The molecule has 6 heteroatoms. The summed E-state index contributed by atoms with van der Waals surface area (Å²) in [6.45, 7) is 6.42. The van der Waals surface area contributed by atoms with E-state index in [9.17, 15) is 4.79 Å². The zero-order valence-electron chi connectivity index (χ0n) is 15.9. The zero-order chi connectivity index (χ0) is 18.7. The topological polar surface area (TPSA) is 68.5 Å². The quantitative estimate of drug-likeness (QED) is 0.858. The number of carbonyl (C=O) groups is 1. The third kappa shape index (κ3) is 4.12. The van der Waals surface area contributed by atoms with Gasteiger partial charge in [-0.3, -0.25) is 9.48 Å². The van der Waals surface area contributed by atoms with Gasteiger partial charge in [-0.25, -0.2) is 5.43 Å². The highest BCUT2D eigenvalue weighted by molar-refractivity contribution is 6.02. The normalized spacial score (nSPS) is 15.6. The fourth-order valence-corrected chi connectivity index (χ4v) is 3.04. The molecule has 2 aromatic rings. The molecule has 0 spiro atoms. The van der Waals surface area contributed by atoms with Gasteiger partial charge in [0.25, 0.3) is 5.91 Å². The van der Waals surface area contributed by atoms with E-state index in [4.69, 9.17) is 4.74 Å². The Bertz CT molecular complexity index is 813. The van der Waals surface area contributed by atoms with E-state index in [1.54, 1.807) is 0 Å². The van der Waals surface area contributed by atoms with Gasteiger partial charge < -0.3 is 4.74 Å². The number of amides is 1. The Kier molecular flexibility index (Phi) is 5.11. The van der Waals surface area contributed by atoms with Crippen LogP contribution in [0.5, 0.6) is 5.75 Å². The molecule has 1 aromatic carbocycles. The average Bonchev–Trinajstić information content (AvgIpc) is 2.99. The number of hydrazone groups is 1. The number of benzene rings is 1. The van der Waals surface area contributed by atoms with Crippen LogP contribution in [0.4, 0.5) is 0 Å². The smallest absolute Gasteiger partial charge is 0.277 e. The Balaban J connectivity index is 1.55. The first-order valence-electron chi connectivity index (χ1n) is 8.94. The van der Waals surface area contributed by atoms with Gasteiger partial charge in [0.15, 0.2) is 6.61 Å². The fourth-order valence-electron chi connectivity index (χ4n) is 3.04. The number of fused-ring (bicyclic) bond motifs is 1. The van der Waals surface area contributed by atoms with Crippen molar-refractivity contribution in [3.63, 3.8) is 0 Å². The monoisotopic (exact) mass is 354 g/mol. The number of ether oxygens (including phenoxy) is 1. The number of nitrogens with zero attached hydrogens (tertiary/aromatic N) is 3. The van der Waals surface area contributed by atoms with Crippen LogP contribution >= 0.6 is 0 Å². The number of aromatic nitrogens is 2.